The maximum absolute atomic E-state index is 13.2. The monoisotopic (exact) mass is 395 g/mol. The van der Waals surface area contributed by atoms with Crippen molar-refractivity contribution in [3.05, 3.63) is 27.8 Å². The van der Waals surface area contributed by atoms with Gasteiger partial charge in [-0.05, 0) is 74.8 Å². The molecule has 1 N–H and O–H groups in total. The van der Waals surface area contributed by atoms with Gasteiger partial charge in [0.15, 0.2) is 0 Å². The molecule has 1 unspecified atom stereocenters. The van der Waals surface area contributed by atoms with Gasteiger partial charge in [0.1, 0.15) is 6.04 Å². The van der Waals surface area contributed by atoms with Crippen molar-refractivity contribution in [2.75, 3.05) is 7.11 Å². The van der Waals surface area contributed by atoms with Crippen LogP contribution in [0.15, 0.2) is 4.90 Å². The first-order valence-corrected chi connectivity index (χ1v) is 11.3. The minimum atomic E-state index is -3.84. The quantitative estimate of drug-likeness (QED) is 0.739. The molecule has 0 bridgehead atoms. The summed E-state index contributed by atoms with van der Waals surface area (Å²) in [6.07, 6.45) is 6.06. The van der Waals surface area contributed by atoms with Gasteiger partial charge in [-0.25, -0.2) is 8.42 Å². The molecule has 152 valence electrons. The Kier molecular flexibility index (Phi) is 7.09. The fourth-order valence-electron chi connectivity index (χ4n) is 4.21. The molecule has 0 saturated heterocycles. The Hall–Kier alpha value is -1.40. The van der Waals surface area contributed by atoms with Gasteiger partial charge in [0.25, 0.3) is 0 Å². The van der Waals surface area contributed by atoms with E-state index < -0.39 is 22.0 Å². The molecule has 1 aliphatic carbocycles. The number of carbonyl (C=O) groups excluding carboxylic acids is 1. The molecule has 0 amide bonds. The molecule has 0 spiro atoms. The lowest BCUT2D eigenvalue weighted by molar-refractivity contribution is -0.143. The second kappa shape index (κ2) is 8.74. The van der Waals surface area contributed by atoms with Crippen LogP contribution in [0.4, 0.5) is 0 Å². The Labute approximate surface area is 163 Å². The third-order valence-corrected chi connectivity index (χ3v) is 8.02. The highest BCUT2D eigenvalue weighted by Gasteiger charge is 2.32. The molecule has 1 aromatic carbocycles. The van der Waals surface area contributed by atoms with E-state index in [-0.39, 0.29) is 0 Å². The molecule has 1 aromatic rings. The lowest BCUT2D eigenvalue weighted by atomic mass is 9.85. The molecule has 27 heavy (non-hydrogen) atoms. The number of sulfonamides is 1. The average Bonchev–Trinajstić information content (AvgIpc) is 2.64. The van der Waals surface area contributed by atoms with Gasteiger partial charge in [-0.2, -0.15) is 4.72 Å². The summed E-state index contributed by atoms with van der Waals surface area (Å²) in [4.78, 5) is 12.6. The Balaban J connectivity index is 2.38. The zero-order valence-corrected chi connectivity index (χ0v) is 18.3. The van der Waals surface area contributed by atoms with Gasteiger partial charge in [-0.1, -0.05) is 32.1 Å². The van der Waals surface area contributed by atoms with E-state index in [4.69, 9.17) is 4.74 Å². The molecule has 0 aromatic heterocycles. The van der Waals surface area contributed by atoms with E-state index in [0.29, 0.717) is 17.2 Å². The van der Waals surface area contributed by atoms with Crippen LogP contribution < -0.4 is 4.72 Å². The molecule has 1 saturated carbocycles. The number of hydrogen-bond donors (Lipinski definition) is 1. The fourth-order valence-corrected chi connectivity index (χ4v) is 6.00. The molecule has 1 fully saturated rings. The van der Waals surface area contributed by atoms with E-state index in [0.717, 1.165) is 53.5 Å². The van der Waals surface area contributed by atoms with Gasteiger partial charge < -0.3 is 4.74 Å². The lowest BCUT2D eigenvalue weighted by Gasteiger charge is -2.26. The number of esters is 1. The Morgan fingerprint density at radius 2 is 1.44 bits per heavy atom. The minimum Gasteiger partial charge on any atom is -0.468 e. The molecule has 6 heteroatoms. The summed E-state index contributed by atoms with van der Waals surface area (Å²) in [5.74, 6) is -0.158. The SMILES string of the molecule is COC(=O)C(CC1CCCCC1)NS(=O)(=O)c1c(C)c(C)c(C)c(C)c1C. The number of nitrogens with one attached hydrogen (secondary N) is 1. The maximum Gasteiger partial charge on any atom is 0.323 e. The topological polar surface area (TPSA) is 72.5 Å². The highest BCUT2D eigenvalue weighted by Crippen LogP contribution is 2.31. The first kappa shape index (κ1) is 21.9. The van der Waals surface area contributed by atoms with Crippen molar-refractivity contribution in [3.63, 3.8) is 0 Å². The Morgan fingerprint density at radius 1 is 0.963 bits per heavy atom. The average molecular weight is 396 g/mol. The third-order valence-electron chi connectivity index (χ3n) is 6.28. The van der Waals surface area contributed by atoms with Crippen LogP contribution in [0.2, 0.25) is 0 Å². The van der Waals surface area contributed by atoms with Crippen molar-refractivity contribution in [2.45, 2.75) is 84.1 Å². The van der Waals surface area contributed by atoms with E-state index >= 15 is 0 Å². The molecular formula is C21H33NO4S. The van der Waals surface area contributed by atoms with Crippen LogP contribution in [0.5, 0.6) is 0 Å². The standard InChI is InChI=1S/C21H33NO4S/c1-13-14(2)16(4)20(17(5)15(13)3)27(24,25)22-19(21(23)26-6)12-18-10-8-7-9-11-18/h18-19,22H,7-12H2,1-6H3. The number of rotatable bonds is 6. The fraction of sp³-hybridized carbons (Fsp3) is 0.667. The predicted octanol–water partition coefficient (Wildman–Crippen LogP) is 4.02. The second-order valence-electron chi connectivity index (χ2n) is 7.89. The van der Waals surface area contributed by atoms with Crippen molar-refractivity contribution >= 4 is 16.0 Å². The number of hydrogen-bond acceptors (Lipinski definition) is 4. The summed E-state index contributed by atoms with van der Waals surface area (Å²) in [5, 5.41) is 0. The summed E-state index contributed by atoms with van der Waals surface area (Å²) in [6, 6.07) is -0.844. The summed E-state index contributed by atoms with van der Waals surface area (Å²) < 4.78 is 34.0. The van der Waals surface area contributed by atoms with Gasteiger partial charge in [-0.3, -0.25) is 4.79 Å². The van der Waals surface area contributed by atoms with Gasteiger partial charge in [0, 0.05) is 0 Å². The summed E-state index contributed by atoms with van der Waals surface area (Å²) in [5.41, 5.74) is 4.53. The molecule has 0 heterocycles. The molecule has 1 aliphatic rings. The molecule has 0 aliphatic heterocycles. The molecule has 1 atom stereocenters. The first-order chi connectivity index (χ1) is 12.6. The summed E-state index contributed by atoms with van der Waals surface area (Å²) in [7, 11) is -2.53. The maximum atomic E-state index is 13.2. The largest absolute Gasteiger partial charge is 0.468 e. The molecule has 2 rings (SSSR count). The van der Waals surface area contributed by atoms with Gasteiger partial charge >= 0.3 is 5.97 Å². The number of ether oxygens (including phenoxy) is 1. The first-order valence-electron chi connectivity index (χ1n) is 9.77. The lowest BCUT2D eigenvalue weighted by Crippen LogP contribution is -2.43. The van der Waals surface area contributed by atoms with Crippen LogP contribution in [0.25, 0.3) is 0 Å². The number of benzene rings is 1. The molecular weight excluding hydrogens is 362 g/mol. The predicted molar refractivity (Wildman–Crippen MR) is 107 cm³/mol. The normalized spacial score (nSPS) is 17.0. The van der Waals surface area contributed by atoms with Crippen molar-refractivity contribution in [2.24, 2.45) is 5.92 Å². The zero-order chi connectivity index (χ0) is 20.4. The van der Waals surface area contributed by atoms with Crippen molar-refractivity contribution in [1.82, 2.24) is 4.72 Å². The van der Waals surface area contributed by atoms with E-state index in [2.05, 4.69) is 4.72 Å². The van der Waals surface area contributed by atoms with Crippen LogP contribution in [-0.4, -0.2) is 27.5 Å². The minimum absolute atomic E-state index is 0.292. The molecule has 5 nitrogen and oxygen atoms in total. The second-order valence-corrected chi connectivity index (χ2v) is 9.54. The van der Waals surface area contributed by atoms with E-state index in [1.165, 1.54) is 13.5 Å². The van der Waals surface area contributed by atoms with Crippen LogP contribution >= 0.6 is 0 Å². The van der Waals surface area contributed by atoms with E-state index in [1.807, 2.05) is 34.6 Å². The Morgan fingerprint density at radius 3 is 1.93 bits per heavy atom. The summed E-state index contributed by atoms with van der Waals surface area (Å²) >= 11 is 0. The van der Waals surface area contributed by atoms with Crippen LogP contribution in [0, 0.1) is 40.5 Å². The van der Waals surface area contributed by atoms with Crippen LogP contribution in [0.1, 0.15) is 66.3 Å². The van der Waals surface area contributed by atoms with Crippen molar-refractivity contribution < 1.29 is 17.9 Å². The van der Waals surface area contributed by atoms with Gasteiger partial charge in [0.05, 0.1) is 12.0 Å². The number of carbonyl (C=O) groups is 1. The number of methoxy groups -OCH3 is 1. The smallest absolute Gasteiger partial charge is 0.323 e. The van der Waals surface area contributed by atoms with Gasteiger partial charge in [-0.15, -0.1) is 0 Å². The van der Waals surface area contributed by atoms with Crippen molar-refractivity contribution in [1.29, 1.82) is 0 Å². The Bertz CT molecular complexity index is 779. The van der Waals surface area contributed by atoms with Crippen LogP contribution in [-0.2, 0) is 19.6 Å². The van der Waals surface area contributed by atoms with E-state index in [9.17, 15) is 13.2 Å². The van der Waals surface area contributed by atoms with E-state index in [1.54, 1.807) is 0 Å². The molecule has 0 radical (unpaired) electrons. The van der Waals surface area contributed by atoms with Gasteiger partial charge in [0.2, 0.25) is 10.0 Å². The third kappa shape index (κ3) is 4.72. The zero-order valence-electron chi connectivity index (χ0n) is 17.4. The van der Waals surface area contributed by atoms with Crippen molar-refractivity contribution in [3.8, 4) is 0 Å². The highest BCUT2D eigenvalue weighted by molar-refractivity contribution is 7.89. The highest BCUT2D eigenvalue weighted by atomic mass is 32.2. The van der Waals surface area contributed by atoms with Crippen LogP contribution in [0.3, 0.4) is 0 Å². The summed E-state index contributed by atoms with van der Waals surface area (Å²) in [6.45, 7) is 9.55.